The molecule has 140 valence electrons. The highest BCUT2D eigenvalue weighted by Crippen LogP contribution is 2.23. The van der Waals surface area contributed by atoms with E-state index in [0.29, 0.717) is 19.5 Å². The van der Waals surface area contributed by atoms with Crippen molar-refractivity contribution < 1.29 is 14.3 Å². The van der Waals surface area contributed by atoms with Crippen molar-refractivity contribution in [2.45, 2.75) is 53.1 Å². The lowest BCUT2D eigenvalue weighted by molar-refractivity contribution is -0.142. The van der Waals surface area contributed by atoms with E-state index in [9.17, 15) is 9.59 Å². The summed E-state index contributed by atoms with van der Waals surface area (Å²) in [5.74, 6) is -0.197. The lowest BCUT2D eigenvalue weighted by Crippen LogP contribution is -2.44. The Morgan fingerprint density at radius 3 is 2.28 bits per heavy atom. The maximum atomic E-state index is 12.1. The predicted molar refractivity (Wildman–Crippen MR) is 100 cm³/mol. The van der Waals surface area contributed by atoms with Gasteiger partial charge in [-0.15, -0.1) is 0 Å². The largest absolute Gasteiger partial charge is 0.469 e. The fourth-order valence-electron chi connectivity index (χ4n) is 2.72. The summed E-state index contributed by atoms with van der Waals surface area (Å²) >= 11 is 0. The number of hydrogen-bond donors (Lipinski definition) is 1. The van der Waals surface area contributed by atoms with Crippen LogP contribution in [0.15, 0.2) is 30.3 Å². The summed E-state index contributed by atoms with van der Waals surface area (Å²) < 4.78 is 4.81. The minimum absolute atomic E-state index is 0.00851. The highest BCUT2D eigenvalue weighted by atomic mass is 16.5. The van der Waals surface area contributed by atoms with E-state index in [1.165, 1.54) is 12.7 Å². The van der Waals surface area contributed by atoms with Gasteiger partial charge in [0.15, 0.2) is 0 Å². The van der Waals surface area contributed by atoms with Gasteiger partial charge in [0.2, 0.25) is 5.91 Å². The number of esters is 1. The molecule has 1 rings (SSSR count). The number of carbonyl (C=O) groups excluding carboxylic acids is 2. The Bertz CT molecular complexity index is 552. The van der Waals surface area contributed by atoms with Crippen LogP contribution in [-0.4, -0.2) is 43.0 Å². The summed E-state index contributed by atoms with van der Waals surface area (Å²) in [6.07, 6.45) is 0.320. The molecule has 2 atom stereocenters. The molecule has 0 saturated heterocycles. The van der Waals surface area contributed by atoms with Gasteiger partial charge in [-0.05, 0) is 19.4 Å². The smallest absolute Gasteiger partial charge is 0.307 e. The highest BCUT2D eigenvalue weighted by Gasteiger charge is 2.25. The summed E-state index contributed by atoms with van der Waals surface area (Å²) in [6.45, 7) is 11.0. The van der Waals surface area contributed by atoms with Gasteiger partial charge in [0, 0.05) is 30.6 Å². The van der Waals surface area contributed by atoms with Crippen LogP contribution >= 0.6 is 0 Å². The first-order valence-corrected chi connectivity index (χ1v) is 8.82. The molecular formula is C20H32N2O3. The number of hydrogen-bond acceptors (Lipinski definition) is 4. The summed E-state index contributed by atoms with van der Waals surface area (Å²) in [5, 5.41) is 2.98. The van der Waals surface area contributed by atoms with Crippen molar-refractivity contribution >= 4 is 11.9 Å². The van der Waals surface area contributed by atoms with E-state index in [2.05, 4.69) is 29.3 Å². The van der Waals surface area contributed by atoms with E-state index in [-0.39, 0.29) is 24.0 Å². The third-order valence-corrected chi connectivity index (χ3v) is 4.37. The quantitative estimate of drug-likeness (QED) is 0.733. The Balaban J connectivity index is 2.80. The molecule has 25 heavy (non-hydrogen) atoms. The minimum atomic E-state index is -0.409. The van der Waals surface area contributed by atoms with E-state index in [1.54, 1.807) is 0 Å². The number of amides is 1. The minimum Gasteiger partial charge on any atom is -0.469 e. The standard InChI is InChI=1S/C20H32N2O3/c1-15(14-18(23)25-6)22(13-12-21-19(24)20(3,4)5)16(2)17-10-8-7-9-11-17/h7-11,15-16H,12-14H2,1-6H3,(H,21,24)/t15-,16-/m1/s1. The van der Waals surface area contributed by atoms with Gasteiger partial charge in [-0.3, -0.25) is 14.5 Å². The predicted octanol–water partition coefficient (Wildman–Crippen LogP) is 3.16. The summed E-state index contributed by atoms with van der Waals surface area (Å²) in [7, 11) is 1.41. The average Bonchev–Trinajstić information content (AvgIpc) is 2.57. The molecule has 0 aliphatic carbocycles. The Kier molecular flexibility index (Phi) is 8.10. The van der Waals surface area contributed by atoms with Gasteiger partial charge in [-0.1, -0.05) is 51.1 Å². The summed E-state index contributed by atoms with van der Waals surface area (Å²) in [5.41, 5.74) is 0.773. The molecule has 0 aromatic heterocycles. The molecule has 1 amide bonds. The van der Waals surface area contributed by atoms with Crippen molar-refractivity contribution in [1.82, 2.24) is 10.2 Å². The molecule has 5 heteroatoms. The molecule has 0 radical (unpaired) electrons. The van der Waals surface area contributed by atoms with Crippen molar-refractivity contribution in [2.75, 3.05) is 20.2 Å². The van der Waals surface area contributed by atoms with Crippen molar-refractivity contribution in [3.8, 4) is 0 Å². The maximum Gasteiger partial charge on any atom is 0.307 e. The van der Waals surface area contributed by atoms with Gasteiger partial charge in [-0.25, -0.2) is 0 Å². The van der Waals surface area contributed by atoms with E-state index >= 15 is 0 Å². The van der Waals surface area contributed by atoms with Gasteiger partial charge in [0.25, 0.3) is 0 Å². The lowest BCUT2D eigenvalue weighted by Gasteiger charge is -2.35. The van der Waals surface area contributed by atoms with E-state index in [4.69, 9.17) is 4.74 Å². The third-order valence-electron chi connectivity index (χ3n) is 4.37. The molecular weight excluding hydrogens is 316 g/mol. The second-order valence-electron chi connectivity index (χ2n) is 7.46. The molecule has 0 heterocycles. The van der Waals surface area contributed by atoms with Crippen molar-refractivity contribution in [2.24, 2.45) is 5.41 Å². The van der Waals surface area contributed by atoms with Crippen molar-refractivity contribution in [1.29, 1.82) is 0 Å². The van der Waals surface area contributed by atoms with Gasteiger partial charge in [-0.2, -0.15) is 0 Å². The summed E-state index contributed by atoms with van der Waals surface area (Å²) in [4.78, 5) is 26.0. The van der Waals surface area contributed by atoms with Crippen LogP contribution in [-0.2, 0) is 14.3 Å². The second-order valence-corrected chi connectivity index (χ2v) is 7.46. The molecule has 1 aromatic carbocycles. The average molecular weight is 348 g/mol. The monoisotopic (exact) mass is 348 g/mol. The van der Waals surface area contributed by atoms with E-state index < -0.39 is 5.41 Å². The number of ether oxygens (including phenoxy) is 1. The first-order valence-electron chi connectivity index (χ1n) is 8.82. The molecule has 1 N–H and O–H groups in total. The third kappa shape index (κ3) is 6.86. The van der Waals surface area contributed by atoms with Gasteiger partial charge in [0.05, 0.1) is 13.5 Å². The van der Waals surface area contributed by atoms with Gasteiger partial charge in [0.1, 0.15) is 0 Å². The van der Waals surface area contributed by atoms with Crippen LogP contribution < -0.4 is 5.32 Å². The van der Waals surface area contributed by atoms with E-state index in [0.717, 1.165) is 0 Å². The van der Waals surface area contributed by atoms with Crippen LogP contribution in [0.1, 0.15) is 52.6 Å². The number of carbonyl (C=O) groups is 2. The first kappa shape index (κ1) is 21.2. The van der Waals surface area contributed by atoms with Crippen molar-refractivity contribution in [3.63, 3.8) is 0 Å². The van der Waals surface area contributed by atoms with E-state index in [1.807, 2.05) is 45.9 Å². The lowest BCUT2D eigenvalue weighted by atomic mass is 9.96. The SMILES string of the molecule is COC(=O)C[C@@H](C)N(CCNC(=O)C(C)(C)C)[C@H](C)c1ccccc1. The van der Waals surface area contributed by atoms with Crippen LogP contribution in [0, 0.1) is 5.41 Å². The number of nitrogens with one attached hydrogen (secondary N) is 1. The van der Waals surface area contributed by atoms with Crippen molar-refractivity contribution in [3.05, 3.63) is 35.9 Å². The zero-order valence-electron chi connectivity index (χ0n) is 16.3. The van der Waals surface area contributed by atoms with Gasteiger partial charge >= 0.3 is 5.97 Å². The Morgan fingerprint density at radius 1 is 1.16 bits per heavy atom. The summed E-state index contributed by atoms with van der Waals surface area (Å²) in [6, 6.07) is 10.3. The van der Waals surface area contributed by atoms with Crippen LogP contribution in [0.5, 0.6) is 0 Å². The van der Waals surface area contributed by atoms with Crippen LogP contribution in [0.3, 0.4) is 0 Å². The molecule has 0 saturated carbocycles. The zero-order valence-corrected chi connectivity index (χ0v) is 16.3. The number of nitrogens with zero attached hydrogens (tertiary/aromatic N) is 1. The normalized spacial score (nSPS) is 14.0. The molecule has 0 bridgehead atoms. The fraction of sp³-hybridized carbons (Fsp3) is 0.600. The highest BCUT2D eigenvalue weighted by molar-refractivity contribution is 5.81. The number of rotatable bonds is 8. The molecule has 0 aliphatic heterocycles. The fourth-order valence-corrected chi connectivity index (χ4v) is 2.72. The number of benzene rings is 1. The molecule has 0 spiro atoms. The molecule has 1 aromatic rings. The molecule has 0 fully saturated rings. The topological polar surface area (TPSA) is 58.6 Å². The second kappa shape index (κ2) is 9.56. The van der Waals surface area contributed by atoms with Crippen LogP contribution in [0.25, 0.3) is 0 Å². The molecule has 5 nitrogen and oxygen atoms in total. The molecule has 0 aliphatic rings. The van der Waals surface area contributed by atoms with Crippen LogP contribution in [0.2, 0.25) is 0 Å². The number of methoxy groups -OCH3 is 1. The first-order chi connectivity index (χ1) is 11.7. The van der Waals surface area contributed by atoms with Gasteiger partial charge < -0.3 is 10.1 Å². The van der Waals surface area contributed by atoms with Crippen LogP contribution in [0.4, 0.5) is 0 Å². The Morgan fingerprint density at radius 2 is 1.76 bits per heavy atom. The Labute approximate surface area is 151 Å². The molecule has 0 unspecified atom stereocenters. The Hall–Kier alpha value is -1.88. The maximum absolute atomic E-state index is 12.1. The zero-order chi connectivity index (χ0) is 19.0.